The Morgan fingerprint density at radius 1 is 1.38 bits per heavy atom. The van der Waals surface area contributed by atoms with Gasteiger partial charge in [-0.15, -0.1) is 0 Å². The van der Waals surface area contributed by atoms with Gasteiger partial charge in [-0.05, 0) is 0 Å². The maximum Gasteiger partial charge on any atom is 0.329 e. The first-order valence-electron chi connectivity index (χ1n) is 4.60. The number of urea groups is 1. The van der Waals surface area contributed by atoms with Crippen molar-refractivity contribution in [3.63, 3.8) is 0 Å². The fourth-order valence-corrected chi connectivity index (χ4v) is 1.62. The molecule has 0 aromatic rings. The number of carbonyl (C=O) groups excluding carboxylic acids is 2. The van der Waals surface area contributed by atoms with Crippen LogP contribution in [0.5, 0.6) is 0 Å². The Morgan fingerprint density at radius 2 is 2.00 bits per heavy atom. The molecule has 0 radical (unpaired) electrons. The number of nitrogens with two attached hydrogens (primary N) is 2. The van der Waals surface area contributed by atoms with Crippen LogP contribution >= 0.6 is 0 Å². The van der Waals surface area contributed by atoms with E-state index < -0.39 is 36.7 Å². The lowest BCUT2D eigenvalue weighted by atomic mass is 10.2. The summed E-state index contributed by atoms with van der Waals surface area (Å²) < 4.78 is 4.97. The van der Waals surface area contributed by atoms with E-state index in [1.807, 2.05) is 0 Å². The van der Waals surface area contributed by atoms with Crippen molar-refractivity contribution in [2.24, 2.45) is 11.5 Å². The number of hydrogen-bond acceptors (Lipinski definition) is 4. The van der Waals surface area contributed by atoms with Gasteiger partial charge in [-0.2, -0.15) is 0 Å². The van der Waals surface area contributed by atoms with Gasteiger partial charge in [0.25, 0.3) is 0 Å². The molecular formula is C8H13N3O5. The monoisotopic (exact) mass is 231 g/mol. The largest absolute Gasteiger partial charge is 0.480 e. The number of nitrogens with zero attached hydrogens (tertiary/aromatic N) is 1. The van der Waals surface area contributed by atoms with Crippen LogP contribution < -0.4 is 11.5 Å². The summed E-state index contributed by atoms with van der Waals surface area (Å²) in [5.74, 6) is -1.80. The molecule has 8 heteroatoms. The van der Waals surface area contributed by atoms with Gasteiger partial charge < -0.3 is 26.2 Å². The molecule has 0 spiro atoms. The van der Waals surface area contributed by atoms with Crippen LogP contribution in [-0.2, 0) is 14.3 Å². The van der Waals surface area contributed by atoms with Crippen molar-refractivity contribution in [1.82, 2.24) is 4.90 Å². The van der Waals surface area contributed by atoms with Crippen molar-refractivity contribution in [2.45, 2.75) is 18.6 Å². The number of carboxylic acid groups (broad SMARTS) is 1. The lowest BCUT2D eigenvalue weighted by Gasteiger charge is -2.18. The van der Waals surface area contributed by atoms with E-state index in [1.54, 1.807) is 0 Å². The van der Waals surface area contributed by atoms with Crippen molar-refractivity contribution in [3.05, 3.63) is 0 Å². The highest BCUT2D eigenvalue weighted by Crippen LogP contribution is 2.19. The summed E-state index contributed by atoms with van der Waals surface area (Å²) in [5.41, 5.74) is 10.1. The number of aliphatic carboxylic acids is 1. The molecule has 16 heavy (non-hydrogen) atoms. The molecule has 5 N–H and O–H groups in total. The number of amides is 3. The molecule has 0 saturated carbocycles. The average Bonchev–Trinajstić information content (AvgIpc) is 2.58. The molecule has 2 atom stereocenters. The molecule has 1 fully saturated rings. The number of rotatable bonds is 4. The number of carboxylic acids is 1. The molecule has 1 aliphatic heterocycles. The van der Waals surface area contributed by atoms with Crippen molar-refractivity contribution in [3.8, 4) is 0 Å². The zero-order valence-corrected chi connectivity index (χ0v) is 8.46. The van der Waals surface area contributed by atoms with Gasteiger partial charge >= 0.3 is 12.0 Å². The van der Waals surface area contributed by atoms with Crippen molar-refractivity contribution < 1.29 is 24.2 Å². The van der Waals surface area contributed by atoms with Crippen LogP contribution in [-0.4, -0.2) is 53.2 Å². The average molecular weight is 231 g/mol. The summed E-state index contributed by atoms with van der Waals surface area (Å²) in [4.78, 5) is 33.3. The van der Waals surface area contributed by atoms with Crippen LogP contribution in [0.3, 0.4) is 0 Å². The van der Waals surface area contributed by atoms with Gasteiger partial charge in [0.2, 0.25) is 5.91 Å². The van der Waals surface area contributed by atoms with E-state index in [9.17, 15) is 14.4 Å². The van der Waals surface area contributed by atoms with Gasteiger partial charge in [-0.25, -0.2) is 9.59 Å². The van der Waals surface area contributed by atoms with Crippen LogP contribution in [0.25, 0.3) is 0 Å². The topological polar surface area (TPSA) is 136 Å². The van der Waals surface area contributed by atoms with Crippen molar-refractivity contribution in [2.75, 3.05) is 13.2 Å². The minimum Gasteiger partial charge on any atom is -0.480 e. The first-order valence-corrected chi connectivity index (χ1v) is 4.60. The third-order valence-corrected chi connectivity index (χ3v) is 2.32. The van der Waals surface area contributed by atoms with Crippen LogP contribution in [0.4, 0.5) is 4.79 Å². The maximum absolute atomic E-state index is 11.0. The van der Waals surface area contributed by atoms with E-state index in [2.05, 4.69) is 0 Å². The fraction of sp³-hybridized carbons (Fsp3) is 0.625. The molecule has 0 aromatic heterocycles. The van der Waals surface area contributed by atoms with Crippen molar-refractivity contribution >= 4 is 17.9 Å². The summed E-state index contributed by atoms with van der Waals surface area (Å²) in [5, 5.41) is 8.40. The Labute approximate surface area is 91.1 Å². The lowest BCUT2D eigenvalue weighted by Crippen LogP contribution is -2.46. The van der Waals surface area contributed by atoms with Crippen molar-refractivity contribution in [1.29, 1.82) is 0 Å². The Balaban J connectivity index is 2.58. The molecule has 90 valence electrons. The van der Waals surface area contributed by atoms with E-state index in [-0.39, 0.29) is 13.0 Å². The number of carbonyl (C=O) groups is 3. The highest BCUT2D eigenvalue weighted by Gasteiger charge is 2.38. The van der Waals surface area contributed by atoms with E-state index in [0.717, 1.165) is 4.90 Å². The molecular weight excluding hydrogens is 218 g/mol. The van der Waals surface area contributed by atoms with E-state index >= 15 is 0 Å². The SMILES string of the molecule is NC(=O)C1CC(OCC(=O)O)CN1C(N)=O. The van der Waals surface area contributed by atoms with Crippen LogP contribution in [0.15, 0.2) is 0 Å². The van der Waals surface area contributed by atoms with Gasteiger partial charge in [-0.1, -0.05) is 0 Å². The van der Waals surface area contributed by atoms with Gasteiger partial charge in [0.15, 0.2) is 0 Å². The zero-order chi connectivity index (χ0) is 12.3. The summed E-state index contributed by atoms with van der Waals surface area (Å²) in [6.45, 7) is -0.404. The van der Waals surface area contributed by atoms with E-state index in [4.69, 9.17) is 21.3 Å². The summed E-state index contributed by atoms with van der Waals surface area (Å²) in [6, 6.07) is -1.60. The molecule has 0 bridgehead atoms. The molecule has 2 unspecified atom stereocenters. The number of likely N-dealkylation sites (tertiary alicyclic amines) is 1. The summed E-state index contributed by atoms with van der Waals surface area (Å²) >= 11 is 0. The first-order chi connectivity index (χ1) is 7.41. The number of hydrogen-bond donors (Lipinski definition) is 3. The zero-order valence-electron chi connectivity index (χ0n) is 8.46. The smallest absolute Gasteiger partial charge is 0.329 e. The third-order valence-electron chi connectivity index (χ3n) is 2.32. The van der Waals surface area contributed by atoms with Gasteiger partial charge in [0, 0.05) is 13.0 Å². The van der Waals surface area contributed by atoms with Gasteiger partial charge in [0.05, 0.1) is 6.10 Å². The summed E-state index contributed by atoms with van der Waals surface area (Å²) in [6.07, 6.45) is -0.355. The number of primary amides is 2. The lowest BCUT2D eigenvalue weighted by molar-refractivity contribution is -0.144. The Hall–Kier alpha value is -1.83. The third kappa shape index (κ3) is 2.83. The Bertz CT molecular complexity index is 297. The molecule has 1 heterocycles. The molecule has 1 saturated heterocycles. The molecule has 1 rings (SSSR count). The fourth-order valence-electron chi connectivity index (χ4n) is 1.62. The molecule has 0 aromatic carbocycles. The Kier molecular flexibility index (Phi) is 3.67. The highest BCUT2D eigenvalue weighted by molar-refractivity contribution is 5.86. The number of ether oxygens (including phenoxy) is 1. The van der Waals surface area contributed by atoms with Crippen LogP contribution in [0, 0.1) is 0 Å². The van der Waals surface area contributed by atoms with E-state index in [1.165, 1.54) is 0 Å². The minimum absolute atomic E-state index is 0.0796. The summed E-state index contributed by atoms with van der Waals surface area (Å²) in [7, 11) is 0. The van der Waals surface area contributed by atoms with Crippen LogP contribution in [0.2, 0.25) is 0 Å². The Morgan fingerprint density at radius 3 is 2.38 bits per heavy atom. The standard InChI is InChI=1S/C8H13N3O5/c9-7(14)5-1-4(16-3-6(12)13)2-11(5)8(10)15/h4-5H,1-3H2,(H2,9,14)(H2,10,15)(H,12,13). The normalized spacial score (nSPS) is 24.4. The minimum atomic E-state index is -1.12. The second kappa shape index (κ2) is 4.79. The molecule has 1 aliphatic rings. The predicted octanol–water partition coefficient (Wildman–Crippen LogP) is -1.91. The second-order valence-electron chi connectivity index (χ2n) is 3.47. The molecule has 3 amide bonds. The molecule has 0 aliphatic carbocycles. The van der Waals surface area contributed by atoms with Gasteiger partial charge in [-0.3, -0.25) is 4.79 Å². The van der Waals surface area contributed by atoms with E-state index in [0.29, 0.717) is 0 Å². The maximum atomic E-state index is 11.0. The van der Waals surface area contributed by atoms with Crippen LogP contribution in [0.1, 0.15) is 6.42 Å². The molecule has 8 nitrogen and oxygen atoms in total. The van der Waals surface area contributed by atoms with Gasteiger partial charge in [0.1, 0.15) is 12.6 Å². The predicted molar refractivity (Wildman–Crippen MR) is 51.3 cm³/mol. The first kappa shape index (κ1) is 12.2. The highest BCUT2D eigenvalue weighted by atomic mass is 16.5. The quantitative estimate of drug-likeness (QED) is 0.518. The second-order valence-corrected chi connectivity index (χ2v) is 3.47.